The van der Waals surface area contributed by atoms with E-state index in [1.165, 1.54) is 7.05 Å². The van der Waals surface area contributed by atoms with Crippen LogP contribution in [0.2, 0.25) is 0 Å². The van der Waals surface area contributed by atoms with Crippen molar-refractivity contribution in [2.24, 2.45) is 5.73 Å². The van der Waals surface area contributed by atoms with E-state index in [2.05, 4.69) is 10.6 Å². The van der Waals surface area contributed by atoms with Gasteiger partial charge in [-0.2, -0.15) is 11.8 Å². The maximum Gasteiger partial charge on any atom is 0.315 e. The molecule has 0 aromatic heterocycles. The van der Waals surface area contributed by atoms with Gasteiger partial charge in [0.15, 0.2) is 0 Å². The second-order valence-electron chi connectivity index (χ2n) is 2.46. The number of carbonyl (C=O) groups excluding carboxylic acids is 2. The zero-order chi connectivity index (χ0) is 10.3. The molecule has 13 heavy (non-hydrogen) atoms. The highest BCUT2D eigenvalue weighted by atomic mass is 32.2. The van der Waals surface area contributed by atoms with E-state index in [9.17, 15) is 9.59 Å². The van der Waals surface area contributed by atoms with Gasteiger partial charge in [0.25, 0.3) is 0 Å². The Labute approximate surface area is 81.8 Å². The number of primary amides is 1. The Morgan fingerprint density at radius 3 is 2.54 bits per heavy atom. The Balaban J connectivity index is 3.94. The van der Waals surface area contributed by atoms with Gasteiger partial charge < -0.3 is 16.4 Å². The van der Waals surface area contributed by atoms with E-state index in [1.54, 1.807) is 11.8 Å². The summed E-state index contributed by atoms with van der Waals surface area (Å²) >= 11 is 1.60. The smallest absolute Gasteiger partial charge is 0.315 e. The molecule has 0 rings (SSSR count). The minimum atomic E-state index is -0.576. The summed E-state index contributed by atoms with van der Waals surface area (Å²) in [5.41, 5.74) is 5.09. The summed E-state index contributed by atoms with van der Waals surface area (Å²) in [5.74, 6) is 0.287. The monoisotopic (exact) mass is 205 g/mol. The molecule has 0 aromatic carbocycles. The average Bonchev–Trinajstić information content (AvgIpc) is 2.11. The molecule has 1 atom stereocenters. The second-order valence-corrected chi connectivity index (χ2v) is 3.45. The third-order valence-electron chi connectivity index (χ3n) is 1.49. The van der Waals surface area contributed by atoms with Gasteiger partial charge in [0, 0.05) is 7.05 Å². The highest BCUT2D eigenvalue weighted by Gasteiger charge is 2.16. The number of urea groups is 1. The van der Waals surface area contributed by atoms with Crippen LogP contribution in [0.4, 0.5) is 4.79 Å². The van der Waals surface area contributed by atoms with Crippen molar-refractivity contribution >= 4 is 23.7 Å². The molecule has 0 spiro atoms. The number of hydrogen-bond donors (Lipinski definition) is 3. The lowest BCUT2D eigenvalue weighted by Gasteiger charge is -2.13. The van der Waals surface area contributed by atoms with Crippen molar-refractivity contribution in [2.75, 3.05) is 19.1 Å². The summed E-state index contributed by atoms with van der Waals surface area (Å²) in [7, 11) is 1.49. The SMILES string of the molecule is CNC(=O)N[C@H](CCSC)C(N)=O. The molecule has 4 N–H and O–H groups in total. The fourth-order valence-corrected chi connectivity index (χ4v) is 1.22. The Kier molecular flexibility index (Phi) is 6.13. The normalized spacial score (nSPS) is 11.8. The topological polar surface area (TPSA) is 84.2 Å². The number of thioether (sulfide) groups is 1. The maximum absolute atomic E-state index is 10.9. The van der Waals surface area contributed by atoms with Crippen molar-refractivity contribution in [1.82, 2.24) is 10.6 Å². The van der Waals surface area contributed by atoms with Crippen LogP contribution in [0.25, 0.3) is 0 Å². The van der Waals surface area contributed by atoms with Crippen LogP contribution in [0.1, 0.15) is 6.42 Å². The van der Waals surface area contributed by atoms with E-state index in [1.807, 2.05) is 6.26 Å². The number of nitrogens with one attached hydrogen (secondary N) is 2. The Morgan fingerprint density at radius 1 is 1.54 bits per heavy atom. The van der Waals surface area contributed by atoms with E-state index in [-0.39, 0.29) is 6.03 Å². The van der Waals surface area contributed by atoms with Crippen LogP contribution in [0.3, 0.4) is 0 Å². The van der Waals surface area contributed by atoms with Gasteiger partial charge >= 0.3 is 6.03 Å². The minimum Gasteiger partial charge on any atom is -0.368 e. The summed E-state index contributed by atoms with van der Waals surface area (Å²) < 4.78 is 0. The number of rotatable bonds is 5. The third kappa shape index (κ3) is 5.35. The van der Waals surface area contributed by atoms with Crippen molar-refractivity contribution in [3.05, 3.63) is 0 Å². The highest BCUT2D eigenvalue weighted by molar-refractivity contribution is 7.98. The first-order valence-corrected chi connectivity index (χ1v) is 5.27. The molecule has 0 heterocycles. The molecule has 76 valence electrons. The zero-order valence-electron chi connectivity index (χ0n) is 7.79. The van der Waals surface area contributed by atoms with Gasteiger partial charge in [0.05, 0.1) is 0 Å². The lowest BCUT2D eigenvalue weighted by atomic mass is 10.2. The van der Waals surface area contributed by atoms with Gasteiger partial charge in [-0.25, -0.2) is 4.79 Å². The minimum absolute atomic E-state index is 0.384. The molecule has 0 aliphatic carbocycles. The predicted octanol–water partition coefficient (Wildman–Crippen LogP) is -0.478. The number of amides is 3. The fraction of sp³-hybridized carbons (Fsp3) is 0.714. The average molecular weight is 205 g/mol. The Hall–Kier alpha value is -0.910. The first-order chi connectivity index (χ1) is 6.11. The first kappa shape index (κ1) is 12.1. The second kappa shape index (κ2) is 6.59. The predicted molar refractivity (Wildman–Crippen MR) is 53.6 cm³/mol. The molecule has 0 saturated carbocycles. The molecule has 3 amide bonds. The van der Waals surface area contributed by atoms with E-state index in [0.29, 0.717) is 6.42 Å². The molecular weight excluding hydrogens is 190 g/mol. The molecule has 0 bridgehead atoms. The van der Waals surface area contributed by atoms with Crippen molar-refractivity contribution in [2.45, 2.75) is 12.5 Å². The highest BCUT2D eigenvalue weighted by Crippen LogP contribution is 1.99. The Morgan fingerprint density at radius 2 is 2.15 bits per heavy atom. The van der Waals surface area contributed by atoms with E-state index < -0.39 is 11.9 Å². The summed E-state index contributed by atoms with van der Waals surface area (Å²) in [6, 6.07) is -0.961. The largest absolute Gasteiger partial charge is 0.368 e. The van der Waals surface area contributed by atoms with Crippen molar-refractivity contribution in [1.29, 1.82) is 0 Å². The molecule has 0 radical (unpaired) electrons. The van der Waals surface area contributed by atoms with E-state index >= 15 is 0 Å². The van der Waals surface area contributed by atoms with Crippen LogP contribution in [0, 0.1) is 0 Å². The summed E-state index contributed by atoms with van der Waals surface area (Å²) in [4.78, 5) is 21.7. The van der Waals surface area contributed by atoms with E-state index in [4.69, 9.17) is 5.73 Å². The molecule has 0 fully saturated rings. The third-order valence-corrected chi connectivity index (χ3v) is 2.13. The van der Waals surface area contributed by atoms with Gasteiger partial charge in [0.1, 0.15) is 6.04 Å². The van der Waals surface area contributed by atoms with Gasteiger partial charge in [0.2, 0.25) is 5.91 Å². The summed E-state index contributed by atoms with van der Waals surface area (Å²) in [6.07, 6.45) is 2.49. The van der Waals surface area contributed by atoms with Gasteiger partial charge in [-0.3, -0.25) is 4.79 Å². The number of nitrogens with two attached hydrogens (primary N) is 1. The number of hydrogen-bond acceptors (Lipinski definition) is 3. The quantitative estimate of drug-likeness (QED) is 0.567. The summed E-state index contributed by atoms with van der Waals surface area (Å²) in [5, 5.41) is 4.83. The molecular formula is C7H15N3O2S. The van der Waals surface area contributed by atoms with Crippen LogP contribution in [-0.4, -0.2) is 37.0 Å². The fourth-order valence-electron chi connectivity index (χ4n) is 0.752. The van der Waals surface area contributed by atoms with Gasteiger partial charge in [-0.1, -0.05) is 0 Å². The van der Waals surface area contributed by atoms with Crippen molar-refractivity contribution in [3.8, 4) is 0 Å². The molecule has 0 saturated heterocycles. The molecule has 5 nitrogen and oxygen atoms in total. The van der Waals surface area contributed by atoms with Crippen LogP contribution < -0.4 is 16.4 Å². The lowest BCUT2D eigenvalue weighted by Crippen LogP contribution is -2.47. The lowest BCUT2D eigenvalue weighted by molar-refractivity contribution is -0.119. The van der Waals surface area contributed by atoms with Crippen LogP contribution >= 0.6 is 11.8 Å². The molecule has 6 heteroatoms. The van der Waals surface area contributed by atoms with Crippen molar-refractivity contribution < 1.29 is 9.59 Å². The summed E-state index contributed by atoms with van der Waals surface area (Å²) in [6.45, 7) is 0. The molecule has 0 aromatic rings. The zero-order valence-corrected chi connectivity index (χ0v) is 8.61. The van der Waals surface area contributed by atoms with Crippen molar-refractivity contribution in [3.63, 3.8) is 0 Å². The maximum atomic E-state index is 10.9. The van der Waals surface area contributed by atoms with E-state index in [0.717, 1.165) is 5.75 Å². The molecule has 0 unspecified atom stereocenters. The molecule has 0 aliphatic heterocycles. The molecule has 0 aliphatic rings. The van der Waals surface area contributed by atoms with Crippen LogP contribution in [0.5, 0.6) is 0 Å². The Bertz CT molecular complexity index is 187. The standard InChI is InChI=1S/C7H15N3O2S/c1-9-7(12)10-5(6(8)11)3-4-13-2/h5H,3-4H2,1-2H3,(H2,8,11)(H2,9,10,12)/t5-/m1/s1. The van der Waals surface area contributed by atoms with Gasteiger partial charge in [-0.15, -0.1) is 0 Å². The van der Waals surface area contributed by atoms with Crippen LogP contribution in [-0.2, 0) is 4.79 Å². The number of carbonyl (C=O) groups is 2. The van der Waals surface area contributed by atoms with Crippen LogP contribution in [0.15, 0.2) is 0 Å². The van der Waals surface area contributed by atoms with Gasteiger partial charge in [-0.05, 0) is 18.4 Å². The first-order valence-electron chi connectivity index (χ1n) is 3.88.